The molecule has 0 fully saturated rings. The van der Waals surface area contributed by atoms with Crippen LogP contribution in [0, 0.1) is 5.41 Å². The number of fused-ring (bicyclic) bond motifs is 1. The normalized spacial score (nSPS) is 11.8. The van der Waals surface area contributed by atoms with Gasteiger partial charge >= 0.3 is 0 Å². The van der Waals surface area contributed by atoms with Gasteiger partial charge in [0.05, 0.1) is 17.6 Å². The zero-order chi connectivity index (χ0) is 22.4. The van der Waals surface area contributed by atoms with Crippen molar-refractivity contribution in [2.45, 2.75) is 59.9 Å². The van der Waals surface area contributed by atoms with Crippen LogP contribution in [0.3, 0.4) is 0 Å². The van der Waals surface area contributed by atoms with Gasteiger partial charge in [-0.05, 0) is 36.1 Å². The first-order chi connectivity index (χ1) is 14.8. The number of nitrogens with zero attached hydrogens (tertiary/aromatic N) is 2. The van der Waals surface area contributed by atoms with Gasteiger partial charge in [-0.15, -0.1) is 0 Å². The largest absolute Gasteiger partial charge is 0.491 e. The molecule has 0 saturated heterocycles. The first-order valence-electron chi connectivity index (χ1n) is 11.2. The predicted molar refractivity (Wildman–Crippen MR) is 127 cm³/mol. The fraction of sp³-hybridized carbons (Fsp3) is 0.462. The van der Waals surface area contributed by atoms with E-state index in [1.165, 1.54) is 5.56 Å². The van der Waals surface area contributed by atoms with Crippen LogP contribution in [0.1, 0.15) is 58.3 Å². The Labute approximate surface area is 185 Å². The summed E-state index contributed by atoms with van der Waals surface area (Å²) in [7, 11) is 0. The molecule has 1 heterocycles. The van der Waals surface area contributed by atoms with E-state index in [2.05, 4.69) is 41.9 Å². The van der Waals surface area contributed by atoms with Crippen molar-refractivity contribution < 1.29 is 9.53 Å². The number of amides is 1. The van der Waals surface area contributed by atoms with E-state index in [0.29, 0.717) is 19.1 Å². The van der Waals surface area contributed by atoms with E-state index >= 15 is 0 Å². The fourth-order valence-electron chi connectivity index (χ4n) is 3.62. The van der Waals surface area contributed by atoms with Gasteiger partial charge in [0.2, 0.25) is 5.91 Å². The van der Waals surface area contributed by atoms with Crippen LogP contribution in [0.25, 0.3) is 11.0 Å². The molecule has 0 radical (unpaired) electrons. The highest BCUT2D eigenvalue weighted by Gasteiger charge is 2.20. The molecule has 0 unspecified atom stereocenters. The second kappa shape index (κ2) is 9.99. The van der Waals surface area contributed by atoms with E-state index < -0.39 is 0 Å². The van der Waals surface area contributed by atoms with E-state index in [1.807, 2.05) is 51.1 Å². The molecule has 2 aromatic carbocycles. The molecule has 1 aromatic heterocycles. The molecule has 3 rings (SSSR count). The molecule has 166 valence electrons. The first-order valence-corrected chi connectivity index (χ1v) is 11.2. The molecule has 0 saturated carbocycles. The predicted octanol–water partition coefficient (Wildman–Crippen LogP) is 5.33. The molecule has 0 aliphatic heterocycles. The Hall–Kier alpha value is -2.82. The van der Waals surface area contributed by atoms with Crippen LogP contribution in [0.5, 0.6) is 5.75 Å². The van der Waals surface area contributed by atoms with E-state index in [9.17, 15) is 4.79 Å². The third-order valence-corrected chi connectivity index (χ3v) is 5.39. The molecule has 0 aliphatic carbocycles. The molecule has 1 amide bonds. The van der Waals surface area contributed by atoms with Crippen molar-refractivity contribution in [2.24, 2.45) is 5.41 Å². The maximum atomic E-state index is 12.1. The molecule has 0 atom stereocenters. The van der Waals surface area contributed by atoms with Crippen LogP contribution in [0.15, 0.2) is 48.5 Å². The number of hydrogen-bond donors (Lipinski definition) is 1. The second-order valence-corrected chi connectivity index (χ2v) is 9.32. The van der Waals surface area contributed by atoms with Crippen LogP contribution in [-0.4, -0.2) is 28.6 Å². The van der Waals surface area contributed by atoms with E-state index in [1.54, 1.807) is 0 Å². The molecule has 31 heavy (non-hydrogen) atoms. The summed E-state index contributed by atoms with van der Waals surface area (Å²) in [6, 6.07) is 16.5. The summed E-state index contributed by atoms with van der Waals surface area (Å²) < 4.78 is 8.41. The molecule has 1 N–H and O–H groups in total. The minimum absolute atomic E-state index is 0.0817. The summed E-state index contributed by atoms with van der Waals surface area (Å²) in [5.41, 5.74) is 2.99. The lowest BCUT2D eigenvalue weighted by Gasteiger charge is -2.17. The van der Waals surface area contributed by atoms with E-state index in [4.69, 9.17) is 9.72 Å². The van der Waals surface area contributed by atoms with Crippen molar-refractivity contribution in [3.8, 4) is 5.75 Å². The number of carbonyl (C=O) groups is 1. The van der Waals surface area contributed by atoms with Gasteiger partial charge in [-0.2, -0.15) is 0 Å². The Balaban J connectivity index is 1.66. The SMILES string of the molecule is CC(C)c1ccccc1OCCn1c(CCCNC(=O)C(C)(C)C)nc2ccccc21. The standard InChI is InChI=1S/C26H35N3O2/c1-19(2)20-11-6-9-14-23(20)31-18-17-29-22-13-8-7-12-21(22)28-24(29)15-10-16-27-25(30)26(3,4)5/h6-9,11-14,19H,10,15-18H2,1-5H3,(H,27,30). The lowest BCUT2D eigenvalue weighted by Crippen LogP contribution is -2.35. The average molecular weight is 422 g/mol. The third kappa shape index (κ3) is 5.87. The van der Waals surface area contributed by atoms with Gasteiger partial charge < -0.3 is 14.6 Å². The van der Waals surface area contributed by atoms with Gasteiger partial charge in [-0.25, -0.2) is 4.98 Å². The molecule has 0 spiro atoms. The molecule has 0 bridgehead atoms. The number of hydrogen-bond acceptors (Lipinski definition) is 3. The van der Waals surface area contributed by atoms with Crippen LogP contribution in [-0.2, 0) is 17.8 Å². The van der Waals surface area contributed by atoms with Crippen LogP contribution in [0.2, 0.25) is 0 Å². The van der Waals surface area contributed by atoms with Crippen LogP contribution < -0.4 is 10.1 Å². The molecular formula is C26H35N3O2. The van der Waals surface area contributed by atoms with Gasteiger partial charge in [-0.1, -0.05) is 65.0 Å². The molecule has 5 nitrogen and oxygen atoms in total. The highest BCUT2D eigenvalue weighted by atomic mass is 16.5. The van der Waals surface area contributed by atoms with Crippen molar-refractivity contribution in [3.63, 3.8) is 0 Å². The fourth-order valence-corrected chi connectivity index (χ4v) is 3.62. The minimum Gasteiger partial charge on any atom is -0.491 e. The Morgan fingerprint density at radius 1 is 1.10 bits per heavy atom. The van der Waals surface area contributed by atoms with Gasteiger partial charge in [0.1, 0.15) is 18.2 Å². The molecule has 5 heteroatoms. The monoisotopic (exact) mass is 421 g/mol. The quantitative estimate of drug-likeness (QED) is 0.475. The second-order valence-electron chi connectivity index (χ2n) is 9.32. The highest BCUT2D eigenvalue weighted by Crippen LogP contribution is 2.26. The Morgan fingerprint density at radius 3 is 2.55 bits per heavy atom. The van der Waals surface area contributed by atoms with Crippen molar-refractivity contribution in [2.75, 3.05) is 13.2 Å². The van der Waals surface area contributed by atoms with Crippen molar-refractivity contribution >= 4 is 16.9 Å². The maximum absolute atomic E-state index is 12.1. The number of benzene rings is 2. The number of imidazole rings is 1. The average Bonchev–Trinajstić information content (AvgIpc) is 3.08. The topological polar surface area (TPSA) is 56.1 Å². The Morgan fingerprint density at radius 2 is 1.81 bits per heavy atom. The number of rotatable bonds is 9. The number of para-hydroxylation sites is 3. The van der Waals surface area contributed by atoms with E-state index in [-0.39, 0.29) is 11.3 Å². The summed E-state index contributed by atoms with van der Waals surface area (Å²) in [5.74, 6) is 2.49. The number of nitrogens with one attached hydrogen (secondary N) is 1. The van der Waals surface area contributed by atoms with Gasteiger partial charge in [0, 0.05) is 18.4 Å². The number of aromatic nitrogens is 2. The number of ether oxygens (including phenoxy) is 1. The summed E-state index contributed by atoms with van der Waals surface area (Å²) in [4.78, 5) is 16.9. The lowest BCUT2D eigenvalue weighted by atomic mass is 9.96. The maximum Gasteiger partial charge on any atom is 0.225 e. The van der Waals surface area contributed by atoms with Crippen LogP contribution in [0.4, 0.5) is 0 Å². The summed E-state index contributed by atoms with van der Waals surface area (Å²) >= 11 is 0. The Kier molecular flexibility index (Phi) is 7.37. The minimum atomic E-state index is -0.364. The zero-order valence-electron chi connectivity index (χ0n) is 19.4. The highest BCUT2D eigenvalue weighted by molar-refractivity contribution is 5.81. The Bertz CT molecular complexity index is 1010. The number of aryl methyl sites for hydroxylation is 1. The van der Waals surface area contributed by atoms with Crippen molar-refractivity contribution in [1.82, 2.24) is 14.9 Å². The van der Waals surface area contributed by atoms with Crippen LogP contribution >= 0.6 is 0 Å². The van der Waals surface area contributed by atoms with Gasteiger partial charge in [-0.3, -0.25) is 4.79 Å². The zero-order valence-corrected chi connectivity index (χ0v) is 19.4. The van der Waals surface area contributed by atoms with Crippen molar-refractivity contribution in [1.29, 1.82) is 0 Å². The van der Waals surface area contributed by atoms with Gasteiger partial charge in [0.25, 0.3) is 0 Å². The summed E-state index contributed by atoms with van der Waals surface area (Å²) in [5, 5.41) is 3.03. The molecular weight excluding hydrogens is 386 g/mol. The molecule has 3 aromatic rings. The first kappa shape index (κ1) is 22.9. The molecule has 0 aliphatic rings. The lowest BCUT2D eigenvalue weighted by molar-refractivity contribution is -0.128. The summed E-state index contributed by atoms with van der Waals surface area (Å²) in [6.07, 6.45) is 1.66. The van der Waals surface area contributed by atoms with Crippen molar-refractivity contribution in [3.05, 3.63) is 59.9 Å². The van der Waals surface area contributed by atoms with E-state index in [0.717, 1.165) is 42.0 Å². The van der Waals surface area contributed by atoms with Gasteiger partial charge in [0.15, 0.2) is 0 Å². The third-order valence-electron chi connectivity index (χ3n) is 5.39. The smallest absolute Gasteiger partial charge is 0.225 e. The number of carbonyl (C=O) groups excluding carboxylic acids is 1. The summed E-state index contributed by atoms with van der Waals surface area (Å²) in [6.45, 7) is 12.1.